The molecule has 3 heteroatoms. The van der Waals surface area contributed by atoms with Crippen LogP contribution in [0.1, 0.15) is 49.9 Å². The molecule has 22 heavy (non-hydrogen) atoms. The zero-order valence-electron chi connectivity index (χ0n) is 13.4. The highest BCUT2D eigenvalue weighted by Crippen LogP contribution is 2.34. The molecule has 2 aromatic rings. The second kappa shape index (κ2) is 8.42. The molecule has 0 aromatic heterocycles. The summed E-state index contributed by atoms with van der Waals surface area (Å²) in [5.74, 6) is 1.52. The largest absolute Gasteiger partial charge is 0.493 e. The second-order valence-corrected chi connectivity index (χ2v) is 5.36. The molecule has 0 fully saturated rings. The number of ether oxygens (including phenoxy) is 2. The number of benzene rings is 2. The van der Waals surface area contributed by atoms with Crippen LogP contribution in [0, 0.1) is 0 Å². The lowest BCUT2D eigenvalue weighted by atomic mass is 10.0. The van der Waals surface area contributed by atoms with Crippen LogP contribution in [0.4, 0.5) is 0 Å². The van der Waals surface area contributed by atoms with Gasteiger partial charge < -0.3 is 9.47 Å². The Morgan fingerprint density at radius 1 is 0.909 bits per heavy atom. The first kappa shape index (κ1) is 16.3. The lowest BCUT2D eigenvalue weighted by Gasteiger charge is -2.14. The zero-order valence-corrected chi connectivity index (χ0v) is 13.4. The summed E-state index contributed by atoms with van der Waals surface area (Å²) in [5, 5.41) is 1.94. The lowest BCUT2D eigenvalue weighted by Crippen LogP contribution is -2.01. The summed E-state index contributed by atoms with van der Waals surface area (Å²) >= 11 is 0. The SMILES string of the molecule is CCCCOc1cccc2c(OCCCC)c(C=O)ccc12. The summed E-state index contributed by atoms with van der Waals surface area (Å²) < 4.78 is 11.7. The fourth-order valence-electron chi connectivity index (χ4n) is 2.34. The van der Waals surface area contributed by atoms with Gasteiger partial charge in [-0.15, -0.1) is 0 Å². The maximum Gasteiger partial charge on any atom is 0.153 e. The second-order valence-electron chi connectivity index (χ2n) is 5.36. The smallest absolute Gasteiger partial charge is 0.153 e. The Kier molecular flexibility index (Phi) is 6.26. The van der Waals surface area contributed by atoms with Crippen molar-refractivity contribution in [3.8, 4) is 11.5 Å². The monoisotopic (exact) mass is 300 g/mol. The van der Waals surface area contributed by atoms with Gasteiger partial charge in [0, 0.05) is 10.8 Å². The zero-order chi connectivity index (χ0) is 15.8. The third kappa shape index (κ3) is 3.79. The molecule has 2 aromatic carbocycles. The van der Waals surface area contributed by atoms with E-state index in [1.54, 1.807) is 0 Å². The quantitative estimate of drug-likeness (QED) is 0.482. The Balaban J connectivity index is 2.37. The van der Waals surface area contributed by atoms with Gasteiger partial charge in [0.15, 0.2) is 6.29 Å². The van der Waals surface area contributed by atoms with Crippen LogP contribution >= 0.6 is 0 Å². The third-order valence-corrected chi connectivity index (χ3v) is 3.63. The third-order valence-electron chi connectivity index (χ3n) is 3.63. The Hall–Kier alpha value is -2.03. The summed E-state index contributed by atoms with van der Waals surface area (Å²) in [6.07, 6.45) is 5.02. The van der Waals surface area contributed by atoms with E-state index in [1.807, 2.05) is 30.3 Å². The van der Waals surface area contributed by atoms with Crippen molar-refractivity contribution < 1.29 is 14.3 Å². The number of hydrogen-bond acceptors (Lipinski definition) is 3. The molecule has 0 heterocycles. The standard InChI is InChI=1S/C19H24O3/c1-3-5-12-21-18-9-7-8-17-16(18)11-10-15(14-20)19(17)22-13-6-4-2/h7-11,14H,3-6,12-13H2,1-2H3. The number of hydrogen-bond donors (Lipinski definition) is 0. The number of carbonyl (C=O) groups excluding carboxylic acids is 1. The Morgan fingerprint density at radius 2 is 1.64 bits per heavy atom. The van der Waals surface area contributed by atoms with Crippen molar-refractivity contribution >= 4 is 17.1 Å². The number of carbonyl (C=O) groups is 1. The van der Waals surface area contributed by atoms with Crippen LogP contribution in [0.5, 0.6) is 11.5 Å². The summed E-state index contributed by atoms with van der Waals surface area (Å²) in [6.45, 7) is 5.59. The van der Waals surface area contributed by atoms with Crippen LogP contribution in [0.2, 0.25) is 0 Å². The van der Waals surface area contributed by atoms with Crippen molar-refractivity contribution in [1.29, 1.82) is 0 Å². The minimum atomic E-state index is 0.592. The van der Waals surface area contributed by atoms with Crippen LogP contribution in [0.3, 0.4) is 0 Å². The van der Waals surface area contributed by atoms with E-state index in [2.05, 4.69) is 13.8 Å². The first-order chi connectivity index (χ1) is 10.8. The minimum absolute atomic E-state index is 0.592. The van der Waals surface area contributed by atoms with E-state index in [9.17, 15) is 4.79 Å². The average molecular weight is 300 g/mol. The molecule has 3 nitrogen and oxygen atoms in total. The van der Waals surface area contributed by atoms with Gasteiger partial charge in [0.1, 0.15) is 11.5 Å². The van der Waals surface area contributed by atoms with E-state index < -0.39 is 0 Å². The molecule has 118 valence electrons. The molecule has 2 rings (SSSR count). The topological polar surface area (TPSA) is 35.5 Å². The van der Waals surface area contributed by atoms with E-state index in [0.717, 1.165) is 48.5 Å². The van der Waals surface area contributed by atoms with Crippen LogP contribution in [0.25, 0.3) is 10.8 Å². The van der Waals surface area contributed by atoms with Crippen LogP contribution in [-0.2, 0) is 0 Å². The van der Waals surface area contributed by atoms with Gasteiger partial charge in [0.2, 0.25) is 0 Å². The molecule has 0 aliphatic heterocycles. The van der Waals surface area contributed by atoms with Gasteiger partial charge in [0.05, 0.1) is 18.8 Å². The van der Waals surface area contributed by atoms with Gasteiger partial charge in [-0.25, -0.2) is 0 Å². The molecule has 0 atom stereocenters. The first-order valence-electron chi connectivity index (χ1n) is 8.08. The Morgan fingerprint density at radius 3 is 2.32 bits per heavy atom. The molecular formula is C19H24O3. The lowest BCUT2D eigenvalue weighted by molar-refractivity contribution is 0.111. The predicted molar refractivity (Wildman–Crippen MR) is 90.1 cm³/mol. The van der Waals surface area contributed by atoms with Gasteiger partial charge in [-0.2, -0.15) is 0 Å². The van der Waals surface area contributed by atoms with Crippen LogP contribution in [0.15, 0.2) is 30.3 Å². The predicted octanol–water partition coefficient (Wildman–Crippen LogP) is 5.01. The van der Waals surface area contributed by atoms with E-state index in [1.165, 1.54) is 0 Å². The normalized spacial score (nSPS) is 10.6. The highest BCUT2D eigenvalue weighted by Gasteiger charge is 2.11. The molecule has 0 spiro atoms. The van der Waals surface area contributed by atoms with Gasteiger partial charge >= 0.3 is 0 Å². The van der Waals surface area contributed by atoms with E-state index in [4.69, 9.17) is 9.47 Å². The van der Waals surface area contributed by atoms with E-state index >= 15 is 0 Å². The van der Waals surface area contributed by atoms with Crippen molar-refractivity contribution in [3.63, 3.8) is 0 Å². The van der Waals surface area contributed by atoms with Gasteiger partial charge in [-0.1, -0.05) is 38.8 Å². The molecule has 0 unspecified atom stereocenters. The molecule has 0 aliphatic rings. The summed E-state index contributed by atoms with van der Waals surface area (Å²) in [4.78, 5) is 11.3. The fraction of sp³-hybridized carbons (Fsp3) is 0.421. The van der Waals surface area contributed by atoms with Crippen LogP contribution in [-0.4, -0.2) is 19.5 Å². The summed E-state index contributed by atoms with van der Waals surface area (Å²) in [7, 11) is 0. The molecular weight excluding hydrogens is 276 g/mol. The molecule has 0 aliphatic carbocycles. The van der Waals surface area contributed by atoms with Gasteiger partial charge in [0.25, 0.3) is 0 Å². The molecule has 0 saturated carbocycles. The van der Waals surface area contributed by atoms with Crippen LogP contribution < -0.4 is 9.47 Å². The minimum Gasteiger partial charge on any atom is -0.493 e. The number of unbranched alkanes of at least 4 members (excludes halogenated alkanes) is 2. The number of fused-ring (bicyclic) bond motifs is 1. The van der Waals surface area contributed by atoms with Crippen molar-refractivity contribution in [2.24, 2.45) is 0 Å². The molecule has 0 amide bonds. The average Bonchev–Trinajstić information content (AvgIpc) is 2.55. The maximum atomic E-state index is 11.3. The van der Waals surface area contributed by atoms with Crippen molar-refractivity contribution in [3.05, 3.63) is 35.9 Å². The van der Waals surface area contributed by atoms with E-state index in [-0.39, 0.29) is 0 Å². The van der Waals surface area contributed by atoms with Crippen molar-refractivity contribution in [2.45, 2.75) is 39.5 Å². The highest BCUT2D eigenvalue weighted by atomic mass is 16.5. The fourth-order valence-corrected chi connectivity index (χ4v) is 2.34. The number of aldehydes is 1. The molecule has 0 N–H and O–H groups in total. The highest BCUT2D eigenvalue weighted by molar-refractivity contribution is 5.99. The Labute approximate surface area is 132 Å². The summed E-state index contributed by atoms with van der Waals surface area (Å²) in [5.41, 5.74) is 0.592. The number of rotatable bonds is 9. The van der Waals surface area contributed by atoms with Gasteiger partial charge in [-0.05, 0) is 31.0 Å². The van der Waals surface area contributed by atoms with Crippen molar-refractivity contribution in [1.82, 2.24) is 0 Å². The molecule has 0 saturated heterocycles. The maximum absolute atomic E-state index is 11.3. The van der Waals surface area contributed by atoms with Gasteiger partial charge in [-0.3, -0.25) is 4.79 Å². The van der Waals surface area contributed by atoms with E-state index in [0.29, 0.717) is 24.5 Å². The molecule has 0 radical (unpaired) electrons. The molecule has 0 bridgehead atoms. The Bertz CT molecular complexity index is 619. The first-order valence-corrected chi connectivity index (χ1v) is 8.08. The van der Waals surface area contributed by atoms with Crippen molar-refractivity contribution in [2.75, 3.05) is 13.2 Å². The summed E-state index contributed by atoms with van der Waals surface area (Å²) in [6, 6.07) is 9.64.